The number of rotatable bonds is 4. The third-order valence-electron chi connectivity index (χ3n) is 6.17. The first-order chi connectivity index (χ1) is 15.5. The number of nitrogens with one attached hydrogen (secondary N) is 1. The number of likely N-dealkylation sites (tertiary alicyclic amines) is 1. The normalized spacial score (nSPS) is 19.1. The quantitative estimate of drug-likeness (QED) is 0.780. The number of urea groups is 1. The molecule has 2 aromatic rings. The largest absolute Gasteiger partial charge is 0.366 e. The Morgan fingerprint density at radius 3 is 2.47 bits per heavy atom. The molecule has 1 N–H and O–H groups in total. The van der Waals surface area contributed by atoms with Crippen molar-refractivity contribution in [2.75, 3.05) is 49.5 Å². The Labute approximate surface area is 186 Å². The van der Waals surface area contributed by atoms with Crippen LogP contribution in [0.1, 0.15) is 19.3 Å². The Hall–Kier alpha value is -3.16. The summed E-state index contributed by atoms with van der Waals surface area (Å²) in [6, 6.07) is 12.2. The molecule has 2 fully saturated rings. The summed E-state index contributed by atoms with van der Waals surface area (Å²) >= 11 is 0. The Morgan fingerprint density at radius 2 is 1.72 bits per heavy atom. The average Bonchev–Trinajstić information content (AvgIpc) is 2.80. The van der Waals surface area contributed by atoms with Gasteiger partial charge in [0.2, 0.25) is 5.91 Å². The van der Waals surface area contributed by atoms with Crippen LogP contribution in [0.25, 0.3) is 0 Å². The molecule has 2 heterocycles. The molecule has 0 bridgehead atoms. The zero-order chi connectivity index (χ0) is 22.5. The monoisotopic (exact) mass is 442 g/mol. The lowest BCUT2D eigenvalue weighted by molar-refractivity contribution is -0.132. The van der Waals surface area contributed by atoms with E-state index in [-0.39, 0.29) is 23.7 Å². The highest BCUT2D eigenvalue weighted by molar-refractivity contribution is 5.89. The highest BCUT2D eigenvalue weighted by atomic mass is 19.1. The van der Waals surface area contributed by atoms with Gasteiger partial charge in [0.25, 0.3) is 0 Å². The van der Waals surface area contributed by atoms with Crippen molar-refractivity contribution in [2.24, 2.45) is 5.92 Å². The molecule has 0 unspecified atom stereocenters. The van der Waals surface area contributed by atoms with E-state index < -0.39 is 5.82 Å². The van der Waals surface area contributed by atoms with Crippen molar-refractivity contribution in [1.29, 1.82) is 0 Å². The lowest BCUT2D eigenvalue weighted by atomic mass is 9.94. The minimum Gasteiger partial charge on any atom is -0.366 e. The second-order valence-corrected chi connectivity index (χ2v) is 8.42. The molecule has 32 heavy (non-hydrogen) atoms. The third-order valence-corrected chi connectivity index (χ3v) is 6.17. The van der Waals surface area contributed by atoms with Crippen molar-refractivity contribution >= 4 is 23.3 Å². The summed E-state index contributed by atoms with van der Waals surface area (Å²) < 4.78 is 27.4. The van der Waals surface area contributed by atoms with Gasteiger partial charge in [-0.25, -0.2) is 13.6 Å². The average molecular weight is 443 g/mol. The van der Waals surface area contributed by atoms with Crippen LogP contribution in [0, 0.1) is 17.6 Å². The van der Waals surface area contributed by atoms with Crippen molar-refractivity contribution in [3.8, 4) is 0 Å². The van der Waals surface area contributed by atoms with Crippen molar-refractivity contribution in [3.63, 3.8) is 0 Å². The van der Waals surface area contributed by atoms with Crippen LogP contribution in [0.15, 0.2) is 48.5 Å². The second-order valence-electron chi connectivity index (χ2n) is 8.42. The summed E-state index contributed by atoms with van der Waals surface area (Å²) in [7, 11) is 0. The lowest BCUT2D eigenvalue weighted by Gasteiger charge is -2.38. The number of carbonyl (C=O) groups is 2. The Morgan fingerprint density at radius 1 is 0.938 bits per heavy atom. The van der Waals surface area contributed by atoms with E-state index in [9.17, 15) is 18.4 Å². The molecule has 0 aliphatic carbocycles. The van der Waals surface area contributed by atoms with Crippen LogP contribution in [0.2, 0.25) is 0 Å². The SMILES string of the molecule is O=C(C[C@H]1CCCN(C(=O)Nc2cccc(F)c2)C1)N1CCN(c2ccccc2F)CC1. The molecule has 2 aromatic carbocycles. The molecule has 0 aromatic heterocycles. The Bertz CT molecular complexity index is 963. The fourth-order valence-corrected chi connectivity index (χ4v) is 4.47. The van der Waals surface area contributed by atoms with Gasteiger partial charge >= 0.3 is 6.03 Å². The maximum atomic E-state index is 14.0. The van der Waals surface area contributed by atoms with Gasteiger partial charge in [-0.3, -0.25) is 4.79 Å². The van der Waals surface area contributed by atoms with Gasteiger partial charge in [-0.05, 0) is 49.1 Å². The van der Waals surface area contributed by atoms with Crippen molar-refractivity contribution in [2.45, 2.75) is 19.3 Å². The van der Waals surface area contributed by atoms with Gasteiger partial charge in [0.1, 0.15) is 11.6 Å². The van der Waals surface area contributed by atoms with Crippen molar-refractivity contribution < 1.29 is 18.4 Å². The molecule has 2 aliphatic heterocycles. The molecule has 170 valence electrons. The van der Waals surface area contributed by atoms with Crippen LogP contribution in [0.5, 0.6) is 0 Å². The summed E-state index contributed by atoms with van der Waals surface area (Å²) in [5.41, 5.74) is 0.993. The van der Waals surface area contributed by atoms with E-state index in [4.69, 9.17) is 0 Å². The van der Waals surface area contributed by atoms with Gasteiger partial charge in [0.15, 0.2) is 0 Å². The molecular formula is C24H28F2N4O2. The maximum absolute atomic E-state index is 14.0. The van der Waals surface area contributed by atoms with Crippen molar-refractivity contribution in [3.05, 3.63) is 60.2 Å². The van der Waals surface area contributed by atoms with E-state index in [1.807, 2.05) is 15.9 Å². The number of piperidine rings is 1. The number of para-hydroxylation sites is 1. The molecule has 0 saturated carbocycles. The lowest BCUT2D eigenvalue weighted by Crippen LogP contribution is -2.50. The molecule has 6 nitrogen and oxygen atoms in total. The third kappa shape index (κ3) is 5.36. The molecular weight excluding hydrogens is 414 g/mol. The van der Waals surface area contributed by atoms with Crippen LogP contribution >= 0.6 is 0 Å². The van der Waals surface area contributed by atoms with Gasteiger partial charge in [0.05, 0.1) is 5.69 Å². The zero-order valence-corrected chi connectivity index (χ0v) is 18.0. The van der Waals surface area contributed by atoms with E-state index in [2.05, 4.69) is 5.32 Å². The van der Waals surface area contributed by atoms with Crippen LogP contribution in [-0.2, 0) is 4.79 Å². The van der Waals surface area contributed by atoms with Gasteiger partial charge in [-0.2, -0.15) is 0 Å². The van der Waals surface area contributed by atoms with Gasteiger partial charge < -0.3 is 20.0 Å². The van der Waals surface area contributed by atoms with Crippen LogP contribution < -0.4 is 10.2 Å². The number of benzene rings is 2. The number of nitrogens with zero attached hydrogens (tertiary/aromatic N) is 3. The summed E-state index contributed by atoms with van der Waals surface area (Å²) in [4.78, 5) is 30.9. The number of carbonyl (C=O) groups excluding carboxylic acids is 2. The van der Waals surface area contributed by atoms with Gasteiger partial charge in [-0.1, -0.05) is 18.2 Å². The standard InChI is InChI=1S/C24H28F2N4O2/c25-19-6-3-7-20(16-19)27-24(32)30-10-4-5-18(17-30)15-23(31)29-13-11-28(12-14-29)22-9-2-1-8-21(22)26/h1-3,6-9,16,18H,4-5,10-15,17H2,(H,27,32)/t18-/m1/s1. The van der Waals surface area contributed by atoms with E-state index in [0.29, 0.717) is 57.1 Å². The number of piperazine rings is 1. The molecule has 0 radical (unpaired) electrons. The van der Waals surface area contributed by atoms with Crippen LogP contribution in [-0.4, -0.2) is 61.0 Å². The van der Waals surface area contributed by atoms with Crippen LogP contribution in [0.3, 0.4) is 0 Å². The highest BCUT2D eigenvalue weighted by Gasteiger charge is 2.29. The molecule has 8 heteroatoms. The number of hydrogen-bond acceptors (Lipinski definition) is 3. The highest BCUT2D eigenvalue weighted by Crippen LogP contribution is 2.24. The first-order valence-corrected chi connectivity index (χ1v) is 11.1. The Kier molecular flexibility index (Phi) is 6.87. The molecule has 2 saturated heterocycles. The molecule has 4 rings (SSSR count). The summed E-state index contributed by atoms with van der Waals surface area (Å²) in [5.74, 6) is -0.471. The molecule has 1 atom stereocenters. The summed E-state index contributed by atoms with van der Waals surface area (Å²) in [5, 5.41) is 2.73. The van der Waals surface area contributed by atoms with E-state index in [0.717, 1.165) is 12.8 Å². The second kappa shape index (κ2) is 9.97. The van der Waals surface area contributed by atoms with E-state index >= 15 is 0 Å². The van der Waals surface area contributed by atoms with E-state index in [1.165, 1.54) is 18.2 Å². The van der Waals surface area contributed by atoms with Gasteiger partial charge in [0, 0.05) is 51.4 Å². The van der Waals surface area contributed by atoms with Crippen molar-refractivity contribution in [1.82, 2.24) is 9.80 Å². The number of hydrogen-bond donors (Lipinski definition) is 1. The zero-order valence-electron chi connectivity index (χ0n) is 18.0. The van der Waals surface area contributed by atoms with Gasteiger partial charge in [-0.15, -0.1) is 0 Å². The first-order valence-electron chi connectivity index (χ1n) is 11.1. The number of halogens is 2. The first kappa shape index (κ1) is 22.0. The number of anilines is 2. The predicted molar refractivity (Wildman–Crippen MR) is 120 cm³/mol. The fraction of sp³-hybridized carbons (Fsp3) is 0.417. The summed E-state index contributed by atoms with van der Waals surface area (Å²) in [6.45, 7) is 3.43. The van der Waals surface area contributed by atoms with E-state index in [1.54, 1.807) is 29.2 Å². The fourth-order valence-electron chi connectivity index (χ4n) is 4.47. The topological polar surface area (TPSA) is 55.9 Å². The minimum atomic E-state index is -0.403. The Balaban J connectivity index is 1.26. The molecule has 3 amide bonds. The molecule has 0 spiro atoms. The van der Waals surface area contributed by atoms with Crippen LogP contribution in [0.4, 0.5) is 25.0 Å². The summed E-state index contributed by atoms with van der Waals surface area (Å²) in [6.07, 6.45) is 2.11. The smallest absolute Gasteiger partial charge is 0.321 e. The predicted octanol–water partition coefficient (Wildman–Crippen LogP) is 3.95. The minimum absolute atomic E-state index is 0.0792. The number of amides is 3. The molecule has 2 aliphatic rings. The maximum Gasteiger partial charge on any atom is 0.321 e.